The SMILES string of the molecule is CCCCCCC/C=C/CC/C=C/[C@@H](O)[C@H](CO)NC(=O)CCCCCCCCCCCCCC. The zero-order valence-electron chi connectivity index (χ0n) is 23.3. The van der Waals surface area contributed by atoms with Crippen molar-refractivity contribution in [1.82, 2.24) is 5.32 Å². The van der Waals surface area contributed by atoms with Gasteiger partial charge < -0.3 is 15.5 Å². The molecule has 2 atom stereocenters. The van der Waals surface area contributed by atoms with Crippen molar-refractivity contribution in [3.05, 3.63) is 24.3 Å². The lowest BCUT2D eigenvalue weighted by Crippen LogP contribution is -2.45. The van der Waals surface area contributed by atoms with Crippen molar-refractivity contribution in [3.8, 4) is 0 Å². The third-order valence-corrected chi connectivity index (χ3v) is 6.69. The summed E-state index contributed by atoms with van der Waals surface area (Å²) in [6, 6.07) is -0.630. The number of nitrogens with one attached hydrogen (secondary N) is 1. The third-order valence-electron chi connectivity index (χ3n) is 6.69. The minimum absolute atomic E-state index is 0.0783. The van der Waals surface area contributed by atoms with Crippen LogP contribution < -0.4 is 5.32 Å². The number of aliphatic hydroxyl groups excluding tert-OH is 2. The van der Waals surface area contributed by atoms with E-state index in [1.165, 1.54) is 96.3 Å². The first-order valence-electron chi connectivity index (χ1n) is 15.1. The maximum absolute atomic E-state index is 12.2. The highest BCUT2D eigenvalue weighted by atomic mass is 16.3. The van der Waals surface area contributed by atoms with Gasteiger partial charge in [0.1, 0.15) is 0 Å². The molecule has 35 heavy (non-hydrogen) atoms. The molecule has 0 aromatic heterocycles. The van der Waals surface area contributed by atoms with Gasteiger partial charge in [0.05, 0.1) is 18.8 Å². The fourth-order valence-corrected chi connectivity index (χ4v) is 4.31. The molecule has 0 saturated heterocycles. The van der Waals surface area contributed by atoms with Crippen molar-refractivity contribution >= 4 is 5.91 Å². The molecule has 3 N–H and O–H groups in total. The summed E-state index contributed by atoms with van der Waals surface area (Å²) in [7, 11) is 0. The van der Waals surface area contributed by atoms with E-state index in [1.807, 2.05) is 6.08 Å². The van der Waals surface area contributed by atoms with E-state index in [4.69, 9.17) is 0 Å². The highest BCUT2D eigenvalue weighted by Crippen LogP contribution is 2.12. The van der Waals surface area contributed by atoms with E-state index < -0.39 is 12.1 Å². The van der Waals surface area contributed by atoms with Crippen LogP contribution in [0.2, 0.25) is 0 Å². The number of aliphatic hydroxyl groups is 2. The Morgan fingerprint density at radius 3 is 1.66 bits per heavy atom. The zero-order chi connectivity index (χ0) is 25.8. The monoisotopic (exact) mass is 493 g/mol. The average molecular weight is 494 g/mol. The van der Waals surface area contributed by atoms with Crippen molar-refractivity contribution in [2.75, 3.05) is 6.61 Å². The van der Waals surface area contributed by atoms with E-state index in [2.05, 4.69) is 31.3 Å². The number of allylic oxidation sites excluding steroid dienone is 3. The fraction of sp³-hybridized carbons (Fsp3) is 0.839. The number of amides is 1. The first-order chi connectivity index (χ1) is 17.2. The highest BCUT2D eigenvalue weighted by Gasteiger charge is 2.17. The minimum Gasteiger partial charge on any atom is -0.394 e. The Morgan fingerprint density at radius 1 is 0.657 bits per heavy atom. The van der Waals surface area contributed by atoms with E-state index in [1.54, 1.807) is 6.08 Å². The lowest BCUT2D eigenvalue weighted by atomic mass is 10.0. The second kappa shape index (κ2) is 27.5. The summed E-state index contributed by atoms with van der Waals surface area (Å²) in [4.78, 5) is 12.2. The van der Waals surface area contributed by atoms with Crippen molar-refractivity contribution in [3.63, 3.8) is 0 Å². The molecule has 0 aromatic rings. The van der Waals surface area contributed by atoms with Crippen molar-refractivity contribution in [2.24, 2.45) is 0 Å². The Bertz CT molecular complexity index is 503. The summed E-state index contributed by atoms with van der Waals surface area (Å²) in [6.07, 6.45) is 32.4. The van der Waals surface area contributed by atoms with Gasteiger partial charge in [0.25, 0.3) is 0 Å². The van der Waals surface area contributed by atoms with Crippen LogP contribution in [-0.2, 0) is 4.79 Å². The van der Waals surface area contributed by atoms with Crippen LogP contribution >= 0.6 is 0 Å². The van der Waals surface area contributed by atoms with Gasteiger partial charge in [-0.25, -0.2) is 0 Å². The molecule has 0 fully saturated rings. The van der Waals surface area contributed by atoms with Crippen LogP contribution in [0.3, 0.4) is 0 Å². The second-order valence-corrected chi connectivity index (χ2v) is 10.2. The molecule has 0 radical (unpaired) electrons. The molecule has 0 bridgehead atoms. The van der Waals surface area contributed by atoms with Gasteiger partial charge in [0.2, 0.25) is 5.91 Å². The van der Waals surface area contributed by atoms with E-state index in [0.29, 0.717) is 6.42 Å². The number of rotatable bonds is 26. The molecule has 1 amide bonds. The predicted octanol–water partition coefficient (Wildman–Crippen LogP) is 8.17. The van der Waals surface area contributed by atoms with Crippen LogP contribution in [0.1, 0.15) is 149 Å². The smallest absolute Gasteiger partial charge is 0.220 e. The molecular weight excluding hydrogens is 434 g/mol. The average Bonchev–Trinajstić information content (AvgIpc) is 2.86. The van der Waals surface area contributed by atoms with Gasteiger partial charge in [0, 0.05) is 6.42 Å². The summed E-state index contributed by atoms with van der Waals surface area (Å²) in [6.45, 7) is 4.24. The topological polar surface area (TPSA) is 69.6 Å². The summed E-state index contributed by atoms with van der Waals surface area (Å²) < 4.78 is 0. The van der Waals surface area contributed by atoms with Gasteiger partial charge in [-0.1, -0.05) is 134 Å². The lowest BCUT2D eigenvalue weighted by Gasteiger charge is -2.19. The van der Waals surface area contributed by atoms with Crippen LogP contribution in [0.15, 0.2) is 24.3 Å². The Kier molecular flexibility index (Phi) is 26.6. The van der Waals surface area contributed by atoms with Crippen LogP contribution in [0.25, 0.3) is 0 Å². The molecule has 4 nitrogen and oxygen atoms in total. The van der Waals surface area contributed by atoms with E-state index in [9.17, 15) is 15.0 Å². The third kappa shape index (κ3) is 24.3. The largest absolute Gasteiger partial charge is 0.394 e. The first kappa shape index (κ1) is 33.9. The second-order valence-electron chi connectivity index (χ2n) is 10.2. The van der Waals surface area contributed by atoms with Gasteiger partial charge in [0.15, 0.2) is 0 Å². The number of hydrogen-bond acceptors (Lipinski definition) is 3. The van der Waals surface area contributed by atoms with Crippen molar-refractivity contribution in [1.29, 1.82) is 0 Å². The molecule has 0 unspecified atom stereocenters. The quantitative estimate of drug-likeness (QED) is 0.0840. The summed E-state index contributed by atoms with van der Waals surface area (Å²) >= 11 is 0. The van der Waals surface area contributed by atoms with Gasteiger partial charge in [-0.15, -0.1) is 0 Å². The Labute approximate surface area is 218 Å². The molecule has 0 aliphatic carbocycles. The molecule has 0 heterocycles. The number of carbonyl (C=O) groups excluding carboxylic acids is 1. The fourth-order valence-electron chi connectivity index (χ4n) is 4.31. The molecule has 0 saturated carbocycles. The Balaban J connectivity index is 3.73. The van der Waals surface area contributed by atoms with Gasteiger partial charge in [-0.3, -0.25) is 4.79 Å². The Morgan fingerprint density at radius 2 is 1.11 bits per heavy atom. The van der Waals surface area contributed by atoms with Crippen molar-refractivity contribution < 1.29 is 15.0 Å². The molecule has 0 aromatic carbocycles. The molecule has 0 rings (SSSR count). The number of unbranched alkanes of at least 4 members (excludes halogenated alkanes) is 17. The van der Waals surface area contributed by atoms with Crippen LogP contribution in [0.4, 0.5) is 0 Å². The maximum atomic E-state index is 12.2. The van der Waals surface area contributed by atoms with E-state index in [0.717, 1.165) is 32.1 Å². The van der Waals surface area contributed by atoms with Gasteiger partial charge in [-0.2, -0.15) is 0 Å². The van der Waals surface area contributed by atoms with Crippen LogP contribution in [0, 0.1) is 0 Å². The normalized spacial score (nSPS) is 13.6. The summed E-state index contributed by atoms with van der Waals surface area (Å²) in [5.41, 5.74) is 0. The molecule has 4 heteroatoms. The van der Waals surface area contributed by atoms with E-state index in [-0.39, 0.29) is 12.5 Å². The summed E-state index contributed by atoms with van der Waals surface area (Å²) in [5.74, 6) is -0.0783. The standard InChI is InChI=1S/C31H59NO3/c1-3-5-7-9-11-13-15-17-19-21-23-25-27-31(35)32-29(28-33)30(34)26-24-22-20-18-16-14-12-10-8-6-4-2/h16,18,24,26,29-30,33-34H,3-15,17,19-23,25,27-28H2,1-2H3,(H,32,35)/b18-16+,26-24+/t29-,30+/m0/s1. The Hall–Kier alpha value is -1.13. The highest BCUT2D eigenvalue weighted by molar-refractivity contribution is 5.76. The van der Waals surface area contributed by atoms with E-state index >= 15 is 0 Å². The number of carbonyl (C=O) groups is 1. The van der Waals surface area contributed by atoms with Gasteiger partial charge in [-0.05, 0) is 32.1 Å². The van der Waals surface area contributed by atoms with Gasteiger partial charge >= 0.3 is 0 Å². The maximum Gasteiger partial charge on any atom is 0.220 e. The predicted molar refractivity (Wildman–Crippen MR) is 152 cm³/mol. The van der Waals surface area contributed by atoms with Crippen LogP contribution in [0.5, 0.6) is 0 Å². The first-order valence-corrected chi connectivity index (χ1v) is 15.1. The molecule has 0 spiro atoms. The minimum atomic E-state index is -0.853. The van der Waals surface area contributed by atoms with Crippen molar-refractivity contribution in [2.45, 2.75) is 161 Å². The number of hydrogen-bond donors (Lipinski definition) is 3. The summed E-state index contributed by atoms with van der Waals surface area (Å²) in [5, 5.41) is 22.7. The van der Waals surface area contributed by atoms with Crippen LogP contribution in [-0.4, -0.2) is 34.9 Å². The molecule has 206 valence electrons. The lowest BCUT2D eigenvalue weighted by molar-refractivity contribution is -0.123. The molecule has 0 aliphatic rings. The molecule has 0 aliphatic heterocycles. The zero-order valence-corrected chi connectivity index (χ0v) is 23.3. The molecular formula is C31H59NO3.